The molecule has 0 fully saturated rings. The molecule has 2 heteroatoms. The highest BCUT2D eigenvalue weighted by Gasteiger charge is 2.88. The average Bonchev–Trinajstić information content (AvgIpc) is 1.37. The number of ether oxygens (including phenoxy) is 1. The zero-order chi connectivity index (χ0) is 51.9. The second kappa shape index (κ2) is 7.96. The maximum absolute atomic E-state index is 12.4. The molecule has 2 spiro atoms. The monoisotopic (exact) mass is 1020 g/mol. The summed E-state index contributed by atoms with van der Waals surface area (Å²) in [7, 11) is 0. The number of nitrogens with zero attached hydrogens (tertiary/aromatic N) is 1. The first-order valence-electron chi connectivity index (χ1n) is 31.5. The summed E-state index contributed by atoms with van der Waals surface area (Å²) in [4.78, 5) is 6.96. The number of benzene rings is 19. The molecule has 1 aliphatic heterocycles. The fourth-order valence-corrected chi connectivity index (χ4v) is 27.7. The van der Waals surface area contributed by atoms with Gasteiger partial charge in [0.05, 0.1) is 10.8 Å². The first kappa shape index (κ1) is 31.7. The van der Waals surface area contributed by atoms with Crippen molar-refractivity contribution in [3.05, 3.63) is 141 Å². The maximum Gasteiger partial charge on any atom is 0.218 e. The van der Waals surface area contributed by atoms with Gasteiger partial charge in [0.1, 0.15) is 5.54 Å². The van der Waals surface area contributed by atoms with Crippen molar-refractivity contribution < 1.29 is 7.48 Å². The van der Waals surface area contributed by atoms with Gasteiger partial charge in [-0.2, -0.15) is 0 Å². The molecule has 4 atom stereocenters. The molecule has 29 aromatic carbocycles. The lowest BCUT2D eigenvalue weighted by atomic mass is 9.41. The Hall–Kier alpha value is -10.2. The minimum absolute atomic E-state index is 0.672. The second-order valence-corrected chi connectivity index (χ2v) is 29.1. The minimum Gasteiger partial charge on any atom is -0.461 e. The summed E-state index contributed by atoms with van der Waals surface area (Å²) in [6.07, 6.45) is -1.33. The van der Waals surface area contributed by atoms with Gasteiger partial charge in [-0.1, -0.05) is 78.9 Å². The van der Waals surface area contributed by atoms with Crippen LogP contribution in [0.5, 0.6) is 0 Å². The molecule has 4 unspecified atom stereocenters. The van der Waals surface area contributed by atoms with Crippen LogP contribution in [-0.2, 0) is 39.5 Å². The van der Waals surface area contributed by atoms with Crippen LogP contribution < -0.4 is 0 Å². The van der Waals surface area contributed by atoms with E-state index < -0.39 is 28.3 Å². The lowest BCUT2D eigenvalue weighted by Crippen LogP contribution is -2.69. The third-order valence-corrected chi connectivity index (χ3v) is 28.2. The third kappa shape index (κ3) is 1.94. The van der Waals surface area contributed by atoms with Gasteiger partial charge in [0.25, 0.3) is 0 Å². The van der Waals surface area contributed by atoms with Crippen molar-refractivity contribution >= 4 is 275 Å². The van der Waals surface area contributed by atoms with Crippen LogP contribution in [0, 0.1) is 0 Å². The van der Waals surface area contributed by atoms with E-state index in [1.54, 1.807) is 80.8 Å². The molecule has 354 valence electrons. The fraction of sp³-hybridized carbons (Fsp3) is 0.0741. The predicted octanol–water partition coefficient (Wildman–Crippen LogP) is 20.1. The zero-order valence-electron chi connectivity index (χ0n) is 44.7. The van der Waals surface area contributed by atoms with Gasteiger partial charge in [-0.25, -0.2) is 4.99 Å². The van der Waals surface area contributed by atoms with Gasteiger partial charge >= 0.3 is 0 Å². The van der Waals surface area contributed by atoms with E-state index in [9.17, 15) is 2.74 Å². The van der Waals surface area contributed by atoms with Crippen molar-refractivity contribution in [2.24, 2.45) is 4.99 Å². The topological polar surface area (TPSA) is 21.6 Å². The highest BCUT2D eigenvalue weighted by Crippen LogP contribution is 2.91. The van der Waals surface area contributed by atoms with Crippen LogP contribution in [0.2, 0.25) is 0 Å². The summed E-state index contributed by atoms with van der Waals surface area (Å²) in [6, 6.07) is 33.2. The van der Waals surface area contributed by atoms with Crippen LogP contribution in [0.15, 0.2) is 96.0 Å². The Balaban J connectivity index is 1.07. The zero-order valence-corrected chi connectivity index (χ0v) is 42.7. The van der Waals surface area contributed by atoms with E-state index in [1.807, 2.05) is 0 Å². The van der Waals surface area contributed by atoms with Crippen LogP contribution in [0.3, 0.4) is 0 Å². The van der Waals surface area contributed by atoms with E-state index in [1.165, 1.54) is 227 Å². The summed E-state index contributed by atoms with van der Waals surface area (Å²) in [5, 5.41) is 74.7. The molecule has 2 nitrogen and oxygen atoms in total. The second-order valence-electron chi connectivity index (χ2n) is 29.1. The Kier molecular flexibility index (Phi) is 3.04. The van der Waals surface area contributed by atoms with Gasteiger partial charge in [0.2, 0.25) is 5.90 Å². The van der Waals surface area contributed by atoms with Crippen LogP contribution in [0.1, 0.15) is 52.8 Å². The predicted molar refractivity (Wildman–Crippen MR) is 343 cm³/mol. The number of rotatable bonds is 5. The summed E-state index contributed by atoms with van der Waals surface area (Å²) >= 11 is 0. The highest BCUT2D eigenvalue weighted by atomic mass is 16.5. The minimum atomic E-state index is -2.05. The Bertz CT molecular complexity index is 8430. The standard InChI is InChI=1S/C81H19NO/c1-4-10-18(11-5-1)16-78-71-63-53-45-33-25-21-22-24-28-30(25)42-44-36(28)40-38-32(24)34-26(22)29-27-23(21)31(33)37-39-35(27)43-41(29)48-46(34)54-50(38)58-52(40)60-56(44)64(61(63)47(42)45)72(78)69(60)76-70(58)74-65(54)62(48)66-55(43)59-51(39)57(49(37)53)67(71)75-68(59)73(66)79(74,17-19-12-6-2-7-13-19)81(76)80(75,78)82-77(83-81)20-14-8-3-9-15-20/h1-15H,16-17H2/i17D2. The Morgan fingerprint density at radius 2 is 0.530 bits per heavy atom. The van der Waals surface area contributed by atoms with Gasteiger partial charge in [0, 0.05) is 19.4 Å². The van der Waals surface area contributed by atoms with E-state index in [2.05, 4.69) is 91.0 Å². The smallest absolute Gasteiger partial charge is 0.218 e. The number of aliphatic imine (C=N–C) groups is 1. The molecule has 0 radical (unpaired) electrons. The molecule has 83 heavy (non-hydrogen) atoms. The van der Waals surface area contributed by atoms with E-state index >= 15 is 0 Å². The van der Waals surface area contributed by atoms with Crippen molar-refractivity contribution in [3.63, 3.8) is 0 Å². The van der Waals surface area contributed by atoms with Gasteiger partial charge in [-0.3, -0.25) is 0 Å². The quantitative estimate of drug-likeness (QED) is 0.157. The maximum atomic E-state index is 12.4. The van der Waals surface area contributed by atoms with Crippen molar-refractivity contribution in [1.82, 2.24) is 0 Å². The molecule has 0 amide bonds. The molecular formula is C81H19NO. The summed E-state index contributed by atoms with van der Waals surface area (Å²) < 4.78 is 33.8. The Morgan fingerprint density at radius 3 is 0.880 bits per heavy atom. The largest absolute Gasteiger partial charge is 0.461 e. The molecule has 0 saturated carbocycles. The van der Waals surface area contributed by atoms with Gasteiger partial charge < -0.3 is 4.74 Å². The Morgan fingerprint density at radius 1 is 0.265 bits per heavy atom. The van der Waals surface area contributed by atoms with Gasteiger partial charge in [-0.05, 0) is 328 Å². The molecule has 36 rings (SSSR count). The van der Waals surface area contributed by atoms with Crippen LogP contribution in [0.4, 0.5) is 0 Å². The lowest BCUT2D eigenvalue weighted by Gasteiger charge is -2.62. The van der Waals surface area contributed by atoms with E-state index in [-0.39, 0.29) is 0 Å². The average molecular weight is 1020 g/mol. The van der Waals surface area contributed by atoms with Gasteiger partial charge in [-0.15, -0.1) is 0 Å². The van der Waals surface area contributed by atoms with E-state index in [4.69, 9.17) is 9.73 Å². The lowest BCUT2D eigenvalue weighted by molar-refractivity contribution is -0.0789. The summed E-state index contributed by atoms with van der Waals surface area (Å²) in [5.41, 5.74) is 6.21. The molecule has 0 aromatic heterocycles. The molecule has 0 bridgehead atoms. The fourth-order valence-electron chi connectivity index (χ4n) is 27.7. The molecule has 0 N–H and O–H groups in total. The van der Waals surface area contributed by atoms with E-state index in [0.717, 1.165) is 11.1 Å². The summed E-state index contributed by atoms with van der Waals surface area (Å²) in [6.45, 7) is 0. The molecule has 1 heterocycles. The van der Waals surface area contributed by atoms with Crippen LogP contribution in [-0.4, -0.2) is 5.90 Å². The summed E-state index contributed by atoms with van der Waals surface area (Å²) in [5.74, 6) is 0.672. The van der Waals surface area contributed by atoms with Crippen LogP contribution >= 0.6 is 0 Å². The first-order valence-corrected chi connectivity index (χ1v) is 30.5. The van der Waals surface area contributed by atoms with Crippen molar-refractivity contribution in [2.45, 2.75) is 34.8 Å². The first-order chi connectivity index (χ1) is 42.1. The Labute approximate surface area is 460 Å². The van der Waals surface area contributed by atoms with Crippen molar-refractivity contribution in [3.8, 4) is 0 Å². The third-order valence-electron chi connectivity index (χ3n) is 28.2. The molecule has 6 aliphatic carbocycles. The normalized spacial score (nSPS) is 25.1. The number of hydrogen-bond donors (Lipinski definition) is 0. The van der Waals surface area contributed by atoms with Crippen LogP contribution in [0.25, 0.3) is 269 Å². The molecule has 7 aliphatic rings. The number of hydrogen-bond acceptors (Lipinski definition) is 2. The highest BCUT2D eigenvalue weighted by molar-refractivity contribution is 6.80. The molecule has 0 saturated heterocycles. The molecular weight excluding hydrogens is 1000 g/mol. The van der Waals surface area contributed by atoms with E-state index in [0.29, 0.717) is 12.3 Å². The van der Waals surface area contributed by atoms with Crippen molar-refractivity contribution in [2.75, 3.05) is 0 Å². The SMILES string of the molecule is [2H]C([2H])(c1ccccc1)C12c3c4c5c6c7c8c9c%10c%11c%12c(c%13c1c1c%14c3c3c4c4c6c6c8c8c9c9c%15c%10c%12c%10c%13c%12c1c1c%14c%13c3c3c4c6c4c8c6c9c8c%15c%10c%12c9c1c1c%13c3c4c6c1c98)C21OC(c2ccccc2)=NC51C%117Cc1ccccc1. The van der Waals surface area contributed by atoms with Gasteiger partial charge in [0.15, 0.2) is 5.60 Å². The molecule has 29 aromatic rings. The van der Waals surface area contributed by atoms with Crippen molar-refractivity contribution in [1.29, 1.82) is 0 Å².